The van der Waals surface area contributed by atoms with Gasteiger partial charge in [0, 0.05) is 36.9 Å². The molecule has 2 aliphatic rings. The number of rotatable bonds is 1. The first-order valence-corrected chi connectivity index (χ1v) is 6.13. The topological polar surface area (TPSA) is 41.1 Å². The molecule has 0 aromatic carbocycles. The molecular formula is C12H19N3O. The van der Waals surface area contributed by atoms with E-state index >= 15 is 0 Å². The minimum atomic E-state index is 0.238. The largest absolute Gasteiger partial charge is 0.372 e. The molecule has 0 bridgehead atoms. The van der Waals surface area contributed by atoms with E-state index in [-0.39, 0.29) is 6.10 Å². The monoisotopic (exact) mass is 221 g/mol. The van der Waals surface area contributed by atoms with Crippen LogP contribution in [-0.2, 0) is 17.7 Å². The molecule has 0 aliphatic carbocycles. The first kappa shape index (κ1) is 10.3. The van der Waals surface area contributed by atoms with Crippen LogP contribution in [0.1, 0.15) is 42.8 Å². The zero-order valence-electron chi connectivity index (χ0n) is 9.99. The number of ether oxygens (including phenoxy) is 1. The average Bonchev–Trinajstić information content (AvgIpc) is 2.87. The first-order chi connectivity index (χ1) is 7.75. The van der Waals surface area contributed by atoms with Gasteiger partial charge in [0.15, 0.2) is 0 Å². The Labute approximate surface area is 96.0 Å². The van der Waals surface area contributed by atoms with Crippen molar-refractivity contribution in [2.45, 2.75) is 44.9 Å². The maximum atomic E-state index is 5.72. The summed E-state index contributed by atoms with van der Waals surface area (Å²) in [5.74, 6) is 0. The van der Waals surface area contributed by atoms with Crippen LogP contribution in [0.25, 0.3) is 0 Å². The molecule has 88 valence electrons. The number of nitrogens with zero attached hydrogens (tertiary/aromatic N) is 2. The van der Waals surface area contributed by atoms with Gasteiger partial charge in [-0.3, -0.25) is 10.00 Å². The molecule has 4 nitrogen and oxygen atoms in total. The van der Waals surface area contributed by atoms with E-state index in [2.05, 4.69) is 29.1 Å². The zero-order valence-corrected chi connectivity index (χ0v) is 9.99. The quantitative estimate of drug-likeness (QED) is 0.783. The molecule has 1 saturated heterocycles. The predicted octanol–water partition coefficient (Wildman–Crippen LogP) is 1.64. The van der Waals surface area contributed by atoms with Crippen LogP contribution in [-0.4, -0.2) is 34.8 Å². The van der Waals surface area contributed by atoms with Gasteiger partial charge >= 0.3 is 0 Å². The molecular weight excluding hydrogens is 202 g/mol. The summed E-state index contributed by atoms with van der Waals surface area (Å²) in [5.41, 5.74) is 3.86. The summed E-state index contributed by atoms with van der Waals surface area (Å²) in [5, 5.41) is 7.67. The van der Waals surface area contributed by atoms with E-state index in [0.29, 0.717) is 6.04 Å². The van der Waals surface area contributed by atoms with Crippen molar-refractivity contribution in [3.63, 3.8) is 0 Å². The third-order valence-corrected chi connectivity index (χ3v) is 3.88. The lowest BCUT2D eigenvalue weighted by Gasteiger charge is -2.30. The highest BCUT2D eigenvalue weighted by Gasteiger charge is 2.29. The maximum absolute atomic E-state index is 5.72. The van der Waals surface area contributed by atoms with E-state index in [4.69, 9.17) is 4.74 Å². The Balaban J connectivity index is 1.91. The van der Waals surface area contributed by atoms with Gasteiger partial charge in [-0.2, -0.15) is 5.10 Å². The Morgan fingerprint density at radius 2 is 2.38 bits per heavy atom. The van der Waals surface area contributed by atoms with Gasteiger partial charge in [-0.25, -0.2) is 0 Å². The third kappa shape index (κ3) is 1.57. The fourth-order valence-electron chi connectivity index (χ4n) is 2.68. The normalized spacial score (nSPS) is 30.6. The number of hydrogen-bond acceptors (Lipinski definition) is 3. The third-order valence-electron chi connectivity index (χ3n) is 3.88. The van der Waals surface area contributed by atoms with Crippen molar-refractivity contribution in [2.75, 3.05) is 13.7 Å². The Hall–Kier alpha value is -0.870. The van der Waals surface area contributed by atoms with Crippen molar-refractivity contribution in [3.05, 3.63) is 17.0 Å². The summed E-state index contributed by atoms with van der Waals surface area (Å²) >= 11 is 0. The van der Waals surface area contributed by atoms with Gasteiger partial charge < -0.3 is 4.74 Å². The van der Waals surface area contributed by atoms with Crippen molar-refractivity contribution in [2.24, 2.45) is 0 Å². The number of H-pyrrole nitrogens is 1. The molecule has 0 radical (unpaired) electrons. The molecule has 1 unspecified atom stereocenters. The van der Waals surface area contributed by atoms with Gasteiger partial charge in [0.2, 0.25) is 0 Å². The van der Waals surface area contributed by atoms with E-state index in [1.54, 1.807) is 0 Å². The number of hydrogen-bond donors (Lipinski definition) is 1. The lowest BCUT2D eigenvalue weighted by atomic mass is 9.98. The van der Waals surface area contributed by atoms with Gasteiger partial charge in [0.05, 0.1) is 5.69 Å². The number of aromatic nitrogens is 2. The summed E-state index contributed by atoms with van der Waals surface area (Å²) in [4.78, 5) is 2.39. The lowest BCUT2D eigenvalue weighted by molar-refractivity contribution is 0.106. The molecule has 1 aromatic heterocycles. The Bertz CT molecular complexity index is 382. The number of aromatic amines is 1. The Kier molecular flexibility index (Phi) is 2.48. The van der Waals surface area contributed by atoms with Gasteiger partial charge in [0.1, 0.15) is 6.10 Å². The Morgan fingerprint density at radius 1 is 1.50 bits per heavy atom. The second-order valence-electron chi connectivity index (χ2n) is 5.04. The van der Waals surface area contributed by atoms with E-state index in [0.717, 1.165) is 31.7 Å². The van der Waals surface area contributed by atoms with E-state index in [1.807, 2.05) is 0 Å². The highest BCUT2D eigenvalue weighted by atomic mass is 16.5. The van der Waals surface area contributed by atoms with Gasteiger partial charge in [-0.05, 0) is 26.8 Å². The van der Waals surface area contributed by atoms with Crippen LogP contribution in [0.4, 0.5) is 0 Å². The molecule has 0 spiro atoms. The van der Waals surface area contributed by atoms with Crippen LogP contribution < -0.4 is 0 Å². The minimum Gasteiger partial charge on any atom is -0.372 e. The molecule has 1 aromatic rings. The number of nitrogens with one attached hydrogen (secondary N) is 1. The zero-order chi connectivity index (χ0) is 11.1. The average molecular weight is 221 g/mol. The van der Waals surface area contributed by atoms with Crippen molar-refractivity contribution in [3.8, 4) is 0 Å². The minimum absolute atomic E-state index is 0.238. The molecule has 3 rings (SSSR count). The molecule has 16 heavy (non-hydrogen) atoms. The summed E-state index contributed by atoms with van der Waals surface area (Å²) < 4.78 is 5.72. The van der Waals surface area contributed by atoms with Crippen LogP contribution in [0.15, 0.2) is 0 Å². The van der Waals surface area contributed by atoms with Crippen LogP contribution in [0, 0.1) is 0 Å². The molecule has 2 aliphatic heterocycles. The summed E-state index contributed by atoms with van der Waals surface area (Å²) in [7, 11) is 2.18. The van der Waals surface area contributed by atoms with Crippen molar-refractivity contribution in [1.29, 1.82) is 0 Å². The van der Waals surface area contributed by atoms with E-state index in [1.165, 1.54) is 17.7 Å². The number of fused-ring (bicyclic) bond motifs is 1. The van der Waals surface area contributed by atoms with Gasteiger partial charge in [-0.1, -0.05) is 0 Å². The molecule has 0 amide bonds. The van der Waals surface area contributed by atoms with Crippen LogP contribution in [0.3, 0.4) is 0 Å². The Morgan fingerprint density at radius 3 is 3.12 bits per heavy atom. The second-order valence-corrected chi connectivity index (χ2v) is 5.04. The second kappa shape index (κ2) is 3.86. The van der Waals surface area contributed by atoms with Crippen molar-refractivity contribution in [1.82, 2.24) is 15.1 Å². The summed E-state index contributed by atoms with van der Waals surface area (Å²) in [6.07, 6.45) is 3.60. The standard InChI is InChI=1S/C12H19N3O/c1-8-6-10-9(7-15(8)2)12(14-13-10)11-4-3-5-16-11/h8,11H,3-7H2,1-2H3,(H,13,14)/t8-,11?/m0/s1. The fraction of sp³-hybridized carbons (Fsp3) is 0.750. The molecule has 0 saturated carbocycles. The number of likely N-dealkylation sites (N-methyl/N-ethyl adjacent to an activating group) is 1. The lowest BCUT2D eigenvalue weighted by Crippen LogP contribution is -2.35. The first-order valence-electron chi connectivity index (χ1n) is 6.13. The smallest absolute Gasteiger partial charge is 0.102 e. The summed E-state index contributed by atoms with van der Waals surface area (Å²) in [6, 6.07) is 0.602. The fourth-order valence-corrected chi connectivity index (χ4v) is 2.68. The molecule has 2 atom stereocenters. The molecule has 1 fully saturated rings. The van der Waals surface area contributed by atoms with Crippen molar-refractivity contribution >= 4 is 0 Å². The highest BCUT2D eigenvalue weighted by molar-refractivity contribution is 5.30. The highest BCUT2D eigenvalue weighted by Crippen LogP contribution is 2.33. The maximum Gasteiger partial charge on any atom is 0.102 e. The molecule has 1 N–H and O–H groups in total. The van der Waals surface area contributed by atoms with Crippen LogP contribution in [0.2, 0.25) is 0 Å². The summed E-state index contributed by atoms with van der Waals surface area (Å²) in [6.45, 7) is 4.15. The molecule has 4 heteroatoms. The van der Waals surface area contributed by atoms with E-state index < -0.39 is 0 Å². The molecule has 3 heterocycles. The van der Waals surface area contributed by atoms with Gasteiger partial charge in [-0.15, -0.1) is 0 Å². The van der Waals surface area contributed by atoms with Crippen LogP contribution in [0.5, 0.6) is 0 Å². The van der Waals surface area contributed by atoms with Crippen molar-refractivity contribution < 1.29 is 4.74 Å². The van der Waals surface area contributed by atoms with E-state index in [9.17, 15) is 0 Å². The SMILES string of the molecule is C[C@H]1Cc2[nH]nc(C3CCCO3)c2CN1C. The van der Waals surface area contributed by atoms with Crippen LogP contribution >= 0.6 is 0 Å². The van der Waals surface area contributed by atoms with Gasteiger partial charge in [0.25, 0.3) is 0 Å². The predicted molar refractivity (Wildman–Crippen MR) is 61.1 cm³/mol.